The van der Waals surface area contributed by atoms with Crippen LogP contribution in [-0.4, -0.2) is 47.8 Å². The predicted molar refractivity (Wildman–Crippen MR) is 101 cm³/mol. The highest BCUT2D eigenvalue weighted by atomic mass is 16.6. The maximum absolute atomic E-state index is 11.8. The Morgan fingerprint density at radius 3 is 2.29 bits per heavy atom. The van der Waals surface area contributed by atoms with Crippen LogP contribution in [0.2, 0.25) is 0 Å². The molecule has 28 heavy (non-hydrogen) atoms. The van der Waals surface area contributed by atoms with Gasteiger partial charge in [0.25, 0.3) is 0 Å². The molecule has 0 aliphatic rings. The van der Waals surface area contributed by atoms with E-state index in [9.17, 15) is 19.5 Å². The molecule has 9 nitrogen and oxygen atoms in total. The summed E-state index contributed by atoms with van der Waals surface area (Å²) in [5.74, 6) is -3.03. The monoisotopic (exact) mass is 387 g/mol. The van der Waals surface area contributed by atoms with Gasteiger partial charge in [-0.2, -0.15) is 0 Å². The number of carboxylic acids is 1. The summed E-state index contributed by atoms with van der Waals surface area (Å²) < 4.78 is 4.96. The summed E-state index contributed by atoms with van der Waals surface area (Å²) in [5, 5.41) is 26.4. The lowest BCUT2D eigenvalue weighted by Crippen LogP contribution is -2.36. The van der Waals surface area contributed by atoms with Gasteiger partial charge < -0.3 is 30.9 Å². The van der Waals surface area contributed by atoms with Crippen LogP contribution in [0.5, 0.6) is 5.75 Å². The highest BCUT2D eigenvalue weighted by Crippen LogP contribution is 2.20. The van der Waals surface area contributed by atoms with Crippen LogP contribution in [0.25, 0.3) is 0 Å². The van der Waals surface area contributed by atoms with E-state index in [1.807, 2.05) is 6.07 Å². The molecule has 2 aromatic carbocycles. The van der Waals surface area contributed by atoms with Crippen LogP contribution >= 0.6 is 0 Å². The topological polar surface area (TPSA) is 137 Å². The fourth-order valence-electron chi connectivity index (χ4n) is 2.29. The van der Waals surface area contributed by atoms with Crippen molar-refractivity contribution in [2.45, 2.75) is 6.10 Å². The first kappa shape index (κ1) is 20.7. The van der Waals surface area contributed by atoms with Crippen molar-refractivity contribution in [3.63, 3.8) is 0 Å². The Hall–Kier alpha value is -3.59. The second kappa shape index (κ2) is 10.5. The maximum Gasteiger partial charge on any atom is 0.417 e. The van der Waals surface area contributed by atoms with Crippen molar-refractivity contribution in [3.05, 3.63) is 60.2 Å². The van der Waals surface area contributed by atoms with Gasteiger partial charge in [0, 0.05) is 25.3 Å². The Morgan fingerprint density at radius 1 is 0.964 bits per heavy atom. The summed E-state index contributed by atoms with van der Waals surface area (Å²) in [7, 11) is 0. The third-order valence-electron chi connectivity index (χ3n) is 3.64. The van der Waals surface area contributed by atoms with Crippen molar-refractivity contribution in [2.24, 2.45) is 0 Å². The first-order chi connectivity index (χ1) is 13.5. The van der Waals surface area contributed by atoms with Gasteiger partial charge in [-0.3, -0.25) is 0 Å². The number of aliphatic carboxylic acids is 1. The molecule has 9 heteroatoms. The molecule has 0 spiro atoms. The number of hydrogen-bond acceptors (Lipinski definition) is 6. The van der Waals surface area contributed by atoms with Gasteiger partial charge in [0.2, 0.25) is 0 Å². The van der Waals surface area contributed by atoms with Gasteiger partial charge in [-0.15, -0.1) is 0 Å². The molecule has 0 heterocycles. The average Bonchev–Trinajstić information content (AvgIpc) is 2.68. The van der Waals surface area contributed by atoms with Crippen molar-refractivity contribution in [3.8, 4) is 5.75 Å². The molecule has 0 aliphatic carbocycles. The zero-order chi connectivity index (χ0) is 20.4. The number of esters is 1. The number of carbonyl (C=O) groups is 3. The van der Waals surface area contributed by atoms with E-state index in [0.717, 1.165) is 0 Å². The van der Waals surface area contributed by atoms with Crippen LogP contribution < -0.4 is 16.0 Å². The van der Waals surface area contributed by atoms with E-state index in [4.69, 9.17) is 9.84 Å². The number of phenolic OH excluding ortho intramolecular Hbond substituents is 1. The average molecular weight is 387 g/mol. The van der Waals surface area contributed by atoms with Gasteiger partial charge >= 0.3 is 18.0 Å². The highest BCUT2D eigenvalue weighted by molar-refractivity contribution is 6.28. The molecule has 1 atom stereocenters. The number of anilines is 1. The normalized spacial score (nSPS) is 11.3. The second-order valence-electron chi connectivity index (χ2n) is 5.74. The van der Waals surface area contributed by atoms with Crippen molar-refractivity contribution in [1.29, 1.82) is 0 Å². The van der Waals surface area contributed by atoms with Gasteiger partial charge in [0.15, 0.2) is 0 Å². The summed E-state index contributed by atoms with van der Waals surface area (Å²) in [5.41, 5.74) is 1.19. The first-order valence-electron chi connectivity index (χ1n) is 8.49. The molecule has 0 fully saturated rings. The number of benzene rings is 2. The smallest absolute Gasteiger partial charge is 0.417 e. The highest BCUT2D eigenvalue weighted by Gasteiger charge is 2.21. The van der Waals surface area contributed by atoms with Crippen LogP contribution in [0.4, 0.5) is 10.5 Å². The van der Waals surface area contributed by atoms with Crippen LogP contribution in [0.15, 0.2) is 54.6 Å². The van der Waals surface area contributed by atoms with Gasteiger partial charge in [0.05, 0.1) is 0 Å². The van der Waals surface area contributed by atoms with E-state index in [-0.39, 0.29) is 18.3 Å². The fraction of sp³-hybridized carbons (Fsp3) is 0.211. The molecule has 1 unspecified atom stereocenters. The van der Waals surface area contributed by atoms with Crippen molar-refractivity contribution in [1.82, 2.24) is 10.6 Å². The van der Waals surface area contributed by atoms with Gasteiger partial charge in [-0.05, 0) is 29.8 Å². The third kappa shape index (κ3) is 6.96. The number of aromatic hydroxyl groups is 1. The van der Waals surface area contributed by atoms with E-state index in [2.05, 4.69) is 16.0 Å². The lowest BCUT2D eigenvalue weighted by Gasteiger charge is -2.18. The summed E-state index contributed by atoms with van der Waals surface area (Å²) in [6.07, 6.45) is -0.859. The number of amides is 2. The Morgan fingerprint density at radius 2 is 1.64 bits per heavy atom. The van der Waals surface area contributed by atoms with Crippen molar-refractivity contribution >= 4 is 23.7 Å². The van der Waals surface area contributed by atoms with Gasteiger partial charge in [-0.1, -0.05) is 30.3 Å². The maximum atomic E-state index is 11.8. The van der Waals surface area contributed by atoms with Crippen LogP contribution in [0.3, 0.4) is 0 Å². The largest absolute Gasteiger partial charge is 0.508 e. The third-order valence-corrected chi connectivity index (χ3v) is 3.64. The van der Waals surface area contributed by atoms with E-state index in [1.54, 1.807) is 24.3 Å². The molecule has 2 aromatic rings. The van der Waals surface area contributed by atoms with Gasteiger partial charge in [-0.25, -0.2) is 14.4 Å². The molecule has 0 saturated heterocycles. The number of phenols is 1. The molecular weight excluding hydrogens is 366 g/mol. The summed E-state index contributed by atoms with van der Waals surface area (Å²) in [6.45, 7) is 0.793. The summed E-state index contributed by atoms with van der Waals surface area (Å²) in [6, 6.07) is 14.5. The molecular formula is C19H21N3O6. The molecule has 0 aliphatic heterocycles. The number of rotatable bonds is 8. The molecule has 0 saturated carbocycles. The Bertz CT molecular complexity index is 795. The number of hydrogen-bond donors (Lipinski definition) is 5. The van der Waals surface area contributed by atoms with Crippen LogP contribution in [-0.2, 0) is 14.3 Å². The molecule has 148 valence electrons. The lowest BCUT2D eigenvalue weighted by atomic mass is 10.1. The molecule has 2 amide bonds. The number of ether oxygens (including phenoxy) is 1. The molecule has 0 radical (unpaired) electrons. The number of nitrogens with one attached hydrogen (secondary N) is 3. The summed E-state index contributed by atoms with van der Waals surface area (Å²) >= 11 is 0. The number of para-hydroxylation sites is 1. The molecule has 0 bridgehead atoms. The minimum atomic E-state index is -1.69. The zero-order valence-electron chi connectivity index (χ0n) is 14.9. The standard InChI is InChI=1S/C19H21N3O6/c23-15-8-6-13(7-9-15)16(28-18(26)17(24)25)12-20-10-11-21-19(27)22-14-4-2-1-3-5-14/h1-9,16,20,23H,10-12H2,(H,24,25)(H2,21,22,27). The van der Waals surface area contributed by atoms with Gasteiger partial charge in [0.1, 0.15) is 11.9 Å². The van der Waals surface area contributed by atoms with E-state index < -0.39 is 18.0 Å². The van der Waals surface area contributed by atoms with E-state index in [0.29, 0.717) is 24.3 Å². The number of carbonyl (C=O) groups excluding carboxylic acids is 2. The lowest BCUT2D eigenvalue weighted by molar-refractivity contribution is -0.167. The van der Waals surface area contributed by atoms with Crippen LogP contribution in [0.1, 0.15) is 11.7 Å². The Kier molecular flexibility index (Phi) is 7.79. The first-order valence-corrected chi connectivity index (χ1v) is 8.49. The minimum Gasteiger partial charge on any atom is -0.508 e. The fourth-order valence-corrected chi connectivity index (χ4v) is 2.29. The Labute approximate surface area is 161 Å². The quantitative estimate of drug-likeness (QED) is 0.263. The Balaban J connectivity index is 1.79. The molecule has 2 rings (SSSR count). The molecule has 5 N–H and O–H groups in total. The number of urea groups is 1. The SMILES string of the molecule is O=C(NCCNCC(OC(=O)C(=O)O)c1ccc(O)cc1)Nc1ccccc1. The van der Waals surface area contributed by atoms with Crippen LogP contribution in [0, 0.1) is 0 Å². The number of carboxylic acid groups (broad SMARTS) is 1. The van der Waals surface area contributed by atoms with Crippen molar-refractivity contribution < 1.29 is 29.3 Å². The van der Waals surface area contributed by atoms with Crippen molar-refractivity contribution in [2.75, 3.05) is 25.0 Å². The predicted octanol–water partition coefficient (Wildman–Crippen LogP) is 1.47. The summed E-state index contributed by atoms with van der Waals surface area (Å²) in [4.78, 5) is 33.9. The van der Waals surface area contributed by atoms with E-state index in [1.165, 1.54) is 24.3 Å². The molecule has 0 aromatic heterocycles. The van der Waals surface area contributed by atoms with E-state index >= 15 is 0 Å². The zero-order valence-corrected chi connectivity index (χ0v) is 14.9. The minimum absolute atomic E-state index is 0.0358. The second-order valence-corrected chi connectivity index (χ2v) is 5.74.